The van der Waals surface area contributed by atoms with Crippen LogP contribution in [-0.2, 0) is 6.42 Å². The van der Waals surface area contributed by atoms with Gasteiger partial charge in [-0.1, -0.05) is 41.9 Å². The van der Waals surface area contributed by atoms with Crippen molar-refractivity contribution in [2.24, 2.45) is 0 Å². The van der Waals surface area contributed by atoms with E-state index in [-0.39, 0.29) is 11.7 Å². The lowest BCUT2D eigenvalue weighted by Crippen LogP contribution is -2.10. The lowest BCUT2D eigenvalue weighted by Gasteiger charge is -2.03. The number of anilines is 1. The number of benzene rings is 2. The first-order valence-electron chi connectivity index (χ1n) is 9.73. The molecule has 0 saturated carbocycles. The van der Waals surface area contributed by atoms with Crippen LogP contribution in [0.1, 0.15) is 21.9 Å². The number of halogens is 1. The molecule has 0 radical (unpaired) electrons. The summed E-state index contributed by atoms with van der Waals surface area (Å²) in [5.74, 6) is 1.30. The molecule has 0 saturated heterocycles. The second-order valence-electron chi connectivity index (χ2n) is 7.10. The van der Waals surface area contributed by atoms with E-state index >= 15 is 0 Å². The third-order valence-corrected chi connectivity index (χ3v) is 5.10. The third kappa shape index (κ3) is 4.09. The summed E-state index contributed by atoms with van der Waals surface area (Å²) in [6.07, 6.45) is 3.66. The second kappa shape index (κ2) is 8.13. The summed E-state index contributed by atoms with van der Waals surface area (Å²) in [6, 6.07) is 22.6. The number of hydrogen-bond donors (Lipinski definition) is 1. The molecule has 0 fully saturated rings. The molecule has 0 aliphatic rings. The van der Waals surface area contributed by atoms with Crippen molar-refractivity contribution in [3.05, 3.63) is 107 Å². The van der Waals surface area contributed by atoms with Crippen LogP contribution in [0.2, 0.25) is 5.02 Å². The van der Waals surface area contributed by atoms with Crippen molar-refractivity contribution < 1.29 is 13.6 Å². The Kier molecular flexibility index (Phi) is 5.02. The summed E-state index contributed by atoms with van der Waals surface area (Å²) in [7, 11) is 0. The zero-order valence-corrected chi connectivity index (χ0v) is 17.1. The monoisotopic (exact) mass is 428 g/mol. The molecule has 0 aliphatic heterocycles. The van der Waals surface area contributed by atoms with E-state index in [1.165, 1.54) is 0 Å². The molecule has 0 spiro atoms. The number of nitrogens with one attached hydrogen (secondary N) is 1. The second-order valence-corrected chi connectivity index (χ2v) is 7.53. The largest absolute Gasteiger partial charge is 0.456 e. The number of pyridine rings is 1. The number of amides is 1. The summed E-state index contributed by atoms with van der Waals surface area (Å²) in [5.41, 5.74) is 3.23. The Morgan fingerprint density at radius 2 is 1.84 bits per heavy atom. The fourth-order valence-corrected chi connectivity index (χ4v) is 3.72. The van der Waals surface area contributed by atoms with Gasteiger partial charge in [-0.05, 0) is 42.5 Å². The van der Waals surface area contributed by atoms with Crippen molar-refractivity contribution in [1.82, 2.24) is 4.98 Å². The predicted octanol–water partition coefficient (Wildman–Crippen LogP) is 6.58. The van der Waals surface area contributed by atoms with Crippen LogP contribution in [0, 0.1) is 0 Å². The number of hydrogen-bond acceptors (Lipinski definition) is 4. The lowest BCUT2D eigenvalue weighted by atomic mass is 10.1. The van der Waals surface area contributed by atoms with Crippen molar-refractivity contribution >= 4 is 34.2 Å². The smallest absolute Gasteiger partial charge is 0.291 e. The van der Waals surface area contributed by atoms with E-state index in [2.05, 4.69) is 10.3 Å². The third-order valence-electron chi connectivity index (χ3n) is 4.89. The molecule has 2 aromatic carbocycles. The van der Waals surface area contributed by atoms with Crippen LogP contribution in [-0.4, -0.2) is 10.9 Å². The van der Waals surface area contributed by atoms with Gasteiger partial charge in [0.2, 0.25) is 0 Å². The molecule has 3 heterocycles. The van der Waals surface area contributed by atoms with E-state index in [0.717, 1.165) is 27.9 Å². The summed E-state index contributed by atoms with van der Waals surface area (Å²) >= 11 is 6.35. The van der Waals surface area contributed by atoms with Crippen LogP contribution >= 0.6 is 11.6 Å². The Hall–Kier alpha value is -3.83. The van der Waals surface area contributed by atoms with E-state index in [4.69, 9.17) is 20.4 Å². The SMILES string of the molecule is O=C(Nc1cccnc1)c1ccc(Cc2cc(Cl)cc3cc(-c4ccccc4)oc23)o1. The summed E-state index contributed by atoms with van der Waals surface area (Å²) in [5, 5.41) is 4.29. The standard InChI is InChI=1S/C25H17ClN2O3/c26-19-11-17(24-18(12-19)14-23(31-24)16-5-2-1-3-6-16)13-21-8-9-22(30-21)25(29)28-20-7-4-10-27-15-20/h1-12,14-15H,13H2,(H,28,29). The van der Waals surface area contributed by atoms with Gasteiger partial charge in [-0.3, -0.25) is 9.78 Å². The maximum atomic E-state index is 12.4. The van der Waals surface area contributed by atoms with Crippen molar-refractivity contribution in [3.8, 4) is 11.3 Å². The fourth-order valence-electron chi connectivity index (χ4n) is 3.47. The van der Waals surface area contributed by atoms with E-state index in [1.807, 2.05) is 48.5 Å². The molecule has 5 rings (SSSR count). The summed E-state index contributed by atoms with van der Waals surface area (Å²) in [4.78, 5) is 16.4. The van der Waals surface area contributed by atoms with Gasteiger partial charge in [-0.15, -0.1) is 0 Å². The normalized spacial score (nSPS) is 11.0. The molecule has 0 bridgehead atoms. The lowest BCUT2D eigenvalue weighted by molar-refractivity contribution is 0.0995. The van der Waals surface area contributed by atoms with Crippen LogP contribution in [0.15, 0.2) is 94.0 Å². The van der Waals surface area contributed by atoms with E-state index in [0.29, 0.717) is 22.9 Å². The molecule has 6 heteroatoms. The summed E-state index contributed by atoms with van der Waals surface area (Å²) < 4.78 is 11.9. The molecule has 0 atom stereocenters. The first kappa shape index (κ1) is 19.2. The van der Waals surface area contributed by atoms with E-state index in [1.54, 1.807) is 36.7 Å². The van der Waals surface area contributed by atoms with Crippen LogP contribution in [0.5, 0.6) is 0 Å². The minimum Gasteiger partial charge on any atom is -0.456 e. The highest BCUT2D eigenvalue weighted by Gasteiger charge is 2.16. The average molecular weight is 429 g/mol. The van der Waals surface area contributed by atoms with Gasteiger partial charge < -0.3 is 14.2 Å². The van der Waals surface area contributed by atoms with Crippen LogP contribution in [0.25, 0.3) is 22.3 Å². The van der Waals surface area contributed by atoms with Crippen molar-refractivity contribution in [2.75, 3.05) is 5.32 Å². The number of carbonyl (C=O) groups is 1. The molecule has 31 heavy (non-hydrogen) atoms. The van der Waals surface area contributed by atoms with Crippen molar-refractivity contribution in [3.63, 3.8) is 0 Å². The minimum absolute atomic E-state index is 0.224. The molecule has 1 amide bonds. The van der Waals surface area contributed by atoms with E-state index < -0.39 is 0 Å². The van der Waals surface area contributed by atoms with Gasteiger partial charge in [0.25, 0.3) is 5.91 Å². The topological polar surface area (TPSA) is 68.3 Å². The quantitative estimate of drug-likeness (QED) is 0.343. The summed E-state index contributed by atoms with van der Waals surface area (Å²) in [6.45, 7) is 0. The number of fused-ring (bicyclic) bond motifs is 1. The zero-order valence-electron chi connectivity index (χ0n) is 16.3. The molecule has 5 nitrogen and oxygen atoms in total. The Balaban J connectivity index is 1.42. The molecule has 1 N–H and O–H groups in total. The molecular formula is C25H17ClN2O3. The average Bonchev–Trinajstić information content (AvgIpc) is 3.42. The van der Waals surface area contributed by atoms with Gasteiger partial charge in [0, 0.05) is 34.2 Å². The van der Waals surface area contributed by atoms with Gasteiger partial charge >= 0.3 is 0 Å². The van der Waals surface area contributed by atoms with Crippen molar-refractivity contribution in [2.45, 2.75) is 6.42 Å². The van der Waals surface area contributed by atoms with Crippen LogP contribution < -0.4 is 5.32 Å². The maximum Gasteiger partial charge on any atom is 0.291 e. The number of rotatable bonds is 5. The first-order valence-corrected chi connectivity index (χ1v) is 10.1. The molecule has 3 aromatic heterocycles. The Labute approximate surface area is 183 Å². The zero-order chi connectivity index (χ0) is 21.2. The van der Waals surface area contributed by atoms with Crippen molar-refractivity contribution in [1.29, 1.82) is 0 Å². The van der Waals surface area contributed by atoms with Gasteiger partial charge in [0.15, 0.2) is 5.76 Å². The highest BCUT2D eigenvalue weighted by Crippen LogP contribution is 2.33. The number of aromatic nitrogens is 1. The number of furan rings is 2. The van der Waals surface area contributed by atoms with Crippen LogP contribution in [0.4, 0.5) is 5.69 Å². The molecular weight excluding hydrogens is 412 g/mol. The fraction of sp³-hybridized carbons (Fsp3) is 0.0400. The molecule has 152 valence electrons. The number of nitrogens with zero attached hydrogens (tertiary/aromatic N) is 1. The van der Waals surface area contributed by atoms with Gasteiger partial charge in [0.05, 0.1) is 11.9 Å². The highest BCUT2D eigenvalue weighted by molar-refractivity contribution is 6.31. The Bertz CT molecular complexity index is 1360. The highest BCUT2D eigenvalue weighted by atomic mass is 35.5. The van der Waals surface area contributed by atoms with E-state index in [9.17, 15) is 4.79 Å². The van der Waals surface area contributed by atoms with Gasteiger partial charge in [0.1, 0.15) is 17.1 Å². The minimum atomic E-state index is -0.333. The Morgan fingerprint density at radius 1 is 0.968 bits per heavy atom. The Morgan fingerprint density at radius 3 is 2.65 bits per heavy atom. The predicted molar refractivity (Wildman–Crippen MR) is 120 cm³/mol. The molecule has 5 aromatic rings. The van der Waals surface area contributed by atoms with Gasteiger partial charge in [-0.2, -0.15) is 0 Å². The first-order chi connectivity index (χ1) is 15.2. The maximum absolute atomic E-state index is 12.4. The van der Waals surface area contributed by atoms with Crippen LogP contribution in [0.3, 0.4) is 0 Å². The van der Waals surface area contributed by atoms with Gasteiger partial charge in [-0.25, -0.2) is 0 Å². The number of carbonyl (C=O) groups excluding carboxylic acids is 1. The molecule has 0 unspecified atom stereocenters. The molecule has 0 aliphatic carbocycles.